The van der Waals surface area contributed by atoms with E-state index in [0.29, 0.717) is 6.04 Å². The van der Waals surface area contributed by atoms with Crippen molar-refractivity contribution in [1.82, 2.24) is 20.1 Å². The number of aliphatic imine (C=N–C) groups is 1. The molecule has 5 nitrogen and oxygen atoms in total. The van der Waals surface area contributed by atoms with Crippen molar-refractivity contribution in [3.8, 4) is 0 Å². The Morgan fingerprint density at radius 2 is 1.81 bits per heavy atom. The van der Waals surface area contributed by atoms with Crippen LogP contribution in [0.25, 0.3) is 10.9 Å². The molecule has 0 unspecified atom stereocenters. The van der Waals surface area contributed by atoms with Gasteiger partial charge in [0.25, 0.3) is 0 Å². The fourth-order valence-electron chi connectivity index (χ4n) is 2.96. The first-order chi connectivity index (χ1) is 12.6. The van der Waals surface area contributed by atoms with Crippen molar-refractivity contribution in [1.29, 1.82) is 0 Å². The second kappa shape index (κ2) is 10.9. The number of fused-ring (bicyclic) bond motifs is 1. The maximum Gasteiger partial charge on any atom is 0.190 e. The smallest absolute Gasteiger partial charge is 0.190 e. The van der Waals surface area contributed by atoms with Crippen LogP contribution in [0.1, 0.15) is 33.1 Å². The fourth-order valence-corrected chi connectivity index (χ4v) is 2.96. The van der Waals surface area contributed by atoms with Gasteiger partial charge in [-0.2, -0.15) is 0 Å². The number of benzene rings is 1. The van der Waals surface area contributed by atoms with Crippen molar-refractivity contribution >= 4 is 16.9 Å². The molecule has 0 saturated carbocycles. The Bertz CT molecular complexity index is 674. The predicted molar refractivity (Wildman–Crippen MR) is 113 cm³/mol. The summed E-state index contributed by atoms with van der Waals surface area (Å²) in [5.41, 5.74) is 1.31. The lowest BCUT2D eigenvalue weighted by Crippen LogP contribution is -2.38. The van der Waals surface area contributed by atoms with Crippen LogP contribution in [0.4, 0.5) is 0 Å². The van der Waals surface area contributed by atoms with E-state index in [-0.39, 0.29) is 0 Å². The number of aromatic nitrogens is 1. The number of para-hydroxylation sites is 1. The summed E-state index contributed by atoms with van der Waals surface area (Å²) in [7, 11) is 4.02. The molecule has 1 heterocycles. The third-order valence-electron chi connectivity index (χ3n) is 4.88. The minimum atomic E-state index is 0.620. The van der Waals surface area contributed by atoms with Gasteiger partial charge in [-0.3, -0.25) is 4.99 Å². The first kappa shape index (κ1) is 20.3. The summed E-state index contributed by atoms with van der Waals surface area (Å²) in [5.74, 6) is 0.902. The average Bonchev–Trinajstić information content (AvgIpc) is 3.06. The number of nitrogens with one attached hydrogen (secondary N) is 2. The molecule has 2 N–H and O–H groups in total. The highest BCUT2D eigenvalue weighted by atomic mass is 15.2. The van der Waals surface area contributed by atoms with Gasteiger partial charge >= 0.3 is 0 Å². The van der Waals surface area contributed by atoms with Crippen molar-refractivity contribution in [3.05, 3.63) is 36.5 Å². The summed E-state index contributed by atoms with van der Waals surface area (Å²) in [5, 5.41) is 8.13. The van der Waals surface area contributed by atoms with Crippen LogP contribution in [-0.2, 0) is 6.54 Å². The first-order valence-electron chi connectivity index (χ1n) is 9.80. The van der Waals surface area contributed by atoms with Crippen LogP contribution < -0.4 is 10.6 Å². The van der Waals surface area contributed by atoms with Crippen molar-refractivity contribution in [2.24, 2.45) is 4.99 Å². The van der Waals surface area contributed by atoms with Crippen LogP contribution in [0.5, 0.6) is 0 Å². The average molecular weight is 358 g/mol. The van der Waals surface area contributed by atoms with Crippen LogP contribution in [0.2, 0.25) is 0 Å². The Kier molecular flexibility index (Phi) is 8.48. The lowest BCUT2D eigenvalue weighted by Gasteiger charge is -2.20. The summed E-state index contributed by atoms with van der Waals surface area (Å²) >= 11 is 0. The number of rotatable bonds is 10. The van der Waals surface area contributed by atoms with E-state index >= 15 is 0 Å². The van der Waals surface area contributed by atoms with Gasteiger partial charge in [0.05, 0.1) is 0 Å². The molecule has 0 radical (unpaired) electrons. The number of hydrogen-bond acceptors (Lipinski definition) is 2. The maximum absolute atomic E-state index is 4.31. The molecule has 0 saturated heterocycles. The zero-order valence-corrected chi connectivity index (χ0v) is 16.8. The Balaban J connectivity index is 1.60. The Labute approximate surface area is 158 Å². The van der Waals surface area contributed by atoms with Crippen molar-refractivity contribution in [2.75, 3.05) is 33.7 Å². The van der Waals surface area contributed by atoms with E-state index in [2.05, 4.69) is 82.5 Å². The van der Waals surface area contributed by atoms with Gasteiger partial charge in [0, 0.05) is 44.4 Å². The molecule has 2 aromatic rings. The standard InChI is InChI=1S/C21H35N5/c1-18(2)25(4)15-8-7-13-23-21(22-3)24-14-9-16-26-17-12-19-10-5-6-11-20(19)26/h5-6,10-12,17-18H,7-9,13-16H2,1-4H3,(H2,22,23,24). The molecule has 0 aliphatic heterocycles. The molecule has 0 atom stereocenters. The quantitative estimate of drug-likeness (QED) is 0.389. The van der Waals surface area contributed by atoms with E-state index in [9.17, 15) is 0 Å². The molecule has 5 heteroatoms. The zero-order valence-electron chi connectivity index (χ0n) is 16.8. The molecule has 0 aliphatic carbocycles. The van der Waals surface area contributed by atoms with Gasteiger partial charge in [-0.15, -0.1) is 0 Å². The number of hydrogen-bond donors (Lipinski definition) is 2. The first-order valence-corrected chi connectivity index (χ1v) is 9.80. The van der Waals surface area contributed by atoms with Crippen molar-refractivity contribution in [3.63, 3.8) is 0 Å². The van der Waals surface area contributed by atoms with Crippen LogP contribution in [0.3, 0.4) is 0 Å². The van der Waals surface area contributed by atoms with Gasteiger partial charge in [0.1, 0.15) is 0 Å². The molecule has 0 bridgehead atoms. The summed E-state index contributed by atoms with van der Waals surface area (Å²) in [6.07, 6.45) is 5.61. The highest BCUT2D eigenvalue weighted by molar-refractivity contribution is 5.80. The van der Waals surface area contributed by atoms with E-state index in [1.165, 1.54) is 17.3 Å². The second-order valence-electron chi connectivity index (χ2n) is 7.13. The molecule has 0 amide bonds. The lowest BCUT2D eigenvalue weighted by molar-refractivity contribution is 0.268. The Morgan fingerprint density at radius 1 is 1.08 bits per heavy atom. The number of unbranched alkanes of at least 4 members (excludes halogenated alkanes) is 1. The van der Waals surface area contributed by atoms with Gasteiger partial charge < -0.3 is 20.1 Å². The van der Waals surface area contributed by atoms with Crippen LogP contribution in [-0.4, -0.2) is 55.2 Å². The maximum atomic E-state index is 4.31. The minimum absolute atomic E-state index is 0.620. The normalized spacial score (nSPS) is 12.3. The predicted octanol–water partition coefficient (Wildman–Crippen LogP) is 3.32. The molecule has 26 heavy (non-hydrogen) atoms. The second-order valence-corrected chi connectivity index (χ2v) is 7.13. The number of nitrogens with zero attached hydrogens (tertiary/aromatic N) is 3. The van der Waals surface area contributed by atoms with Gasteiger partial charge in [-0.1, -0.05) is 18.2 Å². The summed E-state index contributed by atoms with van der Waals surface area (Å²) in [4.78, 5) is 6.70. The molecule has 0 fully saturated rings. The van der Waals surface area contributed by atoms with E-state index in [1.54, 1.807) is 0 Å². The van der Waals surface area contributed by atoms with E-state index in [4.69, 9.17) is 0 Å². The molecular weight excluding hydrogens is 322 g/mol. The fraction of sp³-hybridized carbons (Fsp3) is 0.571. The number of aryl methyl sites for hydroxylation is 1. The summed E-state index contributed by atoms with van der Waals surface area (Å²) in [6, 6.07) is 11.3. The number of guanidine groups is 1. The topological polar surface area (TPSA) is 44.6 Å². The molecule has 0 spiro atoms. The van der Waals surface area contributed by atoms with E-state index in [0.717, 1.165) is 45.0 Å². The molecule has 2 rings (SSSR count). The van der Waals surface area contributed by atoms with Crippen LogP contribution in [0, 0.1) is 0 Å². The highest BCUT2D eigenvalue weighted by Crippen LogP contribution is 2.15. The molecule has 1 aromatic carbocycles. The minimum Gasteiger partial charge on any atom is -0.356 e. The van der Waals surface area contributed by atoms with Gasteiger partial charge in [0.15, 0.2) is 5.96 Å². The third kappa shape index (κ3) is 6.37. The Hall–Kier alpha value is -2.01. The summed E-state index contributed by atoms with van der Waals surface area (Å²) in [6.45, 7) is 8.52. The lowest BCUT2D eigenvalue weighted by atomic mass is 10.2. The van der Waals surface area contributed by atoms with Crippen molar-refractivity contribution in [2.45, 2.75) is 45.7 Å². The zero-order chi connectivity index (χ0) is 18.8. The van der Waals surface area contributed by atoms with E-state index < -0.39 is 0 Å². The van der Waals surface area contributed by atoms with Gasteiger partial charge in [-0.25, -0.2) is 0 Å². The molecule has 144 valence electrons. The largest absolute Gasteiger partial charge is 0.356 e. The Morgan fingerprint density at radius 3 is 2.54 bits per heavy atom. The molecular formula is C21H35N5. The monoisotopic (exact) mass is 357 g/mol. The van der Waals surface area contributed by atoms with Gasteiger partial charge in [-0.05, 0) is 64.2 Å². The summed E-state index contributed by atoms with van der Waals surface area (Å²) < 4.78 is 2.32. The van der Waals surface area contributed by atoms with Gasteiger partial charge in [0.2, 0.25) is 0 Å². The SMILES string of the molecule is CN=C(NCCCCN(C)C(C)C)NCCCn1ccc2ccccc21. The van der Waals surface area contributed by atoms with Crippen molar-refractivity contribution < 1.29 is 0 Å². The highest BCUT2D eigenvalue weighted by Gasteiger charge is 2.03. The molecule has 0 aliphatic rings. The van der Waals surface area contributed by atoms with Crippen LogP contribution >= 0.6 is 0 Å². The van der Waals surface area contributed by atoms with E-state index in [1.807, 2.05) is 7.05 Å². The van der Waals surface area contributed by atoms with Crippen LogP contribution in [0.15, 0.2) is 41.5 Å². The molecule has 1 aromatic heterocycles. The third-order valence-corrected chi connectivity index (χ3v) is 4.88.